The molecule has 0 saturated carbocycles. The van der Waals surface area contributed by atoms with Crippen molar-refractivity contribution in [2.24, 2.45) is 0 Å². The maximum absolute atomic E-state index is 2.29. The molecule has 0 atom stereocenters. The number of nitrogens with zero attached hydrogens (tertiary/aromatic N) is 1. The van der Waals surface area contributed by atoms with E-state index in [1.165, 1.54) is 49.3 Å². The Labute approximate surface area is 152 Å². The second-order valence-electron chi connectivity index (χ2n) is 5.37. The van der Waals surface area contributed by atoms with E-state index in [-0.39, 0.29) is 0 Å². The van der Waals surface area contributed by atoms with E-state index in [9.17, 15) is 0 Å². The number of aryl methyl sites for hydroxylation is 1. The average molecular weight is 333 g/mol. The first-order valence-electron chi connectivity index (χ1n) is 10.2. The van der Waals surface area contributed by atoms with Gasteiger partial charge in [0.1, 0.15) is 6.54 Å². The molecule has 0 unspecified atom stereocenters. The Morgan fingerprint density at radius 1 is 0.667 bits per heavy atom. The molecule has 1 heteroatoms. The molecule has 1 nitrogen and oxygen atoms in total. The van der Waals surface area contributed by atoms with Crippen LogP contribution in [0.3, 0.4) is 0 Å². The molecule has 0 aliphatic heterocycles. The van der Waals surface area contributed by atoms with E-state index < -0.39 is 0 Å². The van der Waals surface area contributed by atoms with Crippen molar-refractivity contribution in [2.45, 2.75) is 93.5 Å². The lowest BCUT2D eigenvalue weighted by atomic mass is 10.2. The van der Waals surface area contributed by atoms with Gasteiger partial charge >= 0.3 is 0 Å². The van der Waals surface area contributed by atoms with E-state index in [1.807, 2.05) is 27.7 Å². The highest BCUT2D eigenvalue weighted by Gasteiger charge is 2.01. The van der Waals surface area contributed by atoms with E-state index in [0.717, 1.165) is 6.54 Å². The monoisotopic (exact) mass is 332 g/mol. The molecule has 0 aliphatic rings. The summed E-state index contributed by atoms with van der Waals surface area (Å²) in [5.74, 6) is 0. The van der Waals surface area contributed by atoms with Gasteiger partial charge in [-0.15, -0.1) is 0 Å². The Bertz CT molecular complexity index is 474. The molecule has 138 valence electrons. The van der Waals surface area contributed by atoms with E-state index in [2.05, 4.69) is 68.1 Å². The van der Waals surface area contributed by atoms with E-state index in [1.54, 1.807) is 0 Å². The Balaban J connectivity index is 0. The Kier molecular flexibility index (Phi) is 20.4. The molecular weight excluding hydrogens is 290 g/mol. The van der Waals surface area contributed by atoms with Crippen molar-refractivity contribution >= 4 is 10.8 Å². The van der Waals surface area contributed by atoms with Crippen molar-refractivity contribution in [2.75, 3.05) is 0 Å². The summed E-state index contributed by atoms with van der Waals surface area (Å²) in [6.07, 6.45) is 12.4. The van der Waals surface area contributed by atoms with Crippen molar-refractivity contribution in [3.8, 4) is 0 Å². The molecule has 2 rings (SSSR count). The summed E-state index contributed by atoms with van der Waals surface area (Å²) < 4.78 is 2.29. The number of hydrogen-bond donors (Lipinski definition) is 0. The quantitative estimate of drug-likeness (QED) is 0.379. The highest BCUT2D eigenvalue weighted by molar-refractivity contribution is 5.80. The standard InChI is InChI=1S/C14H18N.C5H12.2C2H6/c1-2-3-6-10-15-11-9-13-7-4-5-8-14(13)12-15;1-3-5-4-2;2*1-2/h4-5,7-9,11-12H,2-3,6,10H2,1H3;3-5H2,1-2H3;2*1-2H3/q+1;;;. The lowest BCUT2D eigenvalue weighted by Crippen LogP contribution is -2.32. The predicted octanol–water partition coefficient (Wildman–Crippen LogP) is 7.57. The van der Waals surface area contributed by atoms with Crippen molar-refractivity contribution in [1.82, 2.24) is 0 Å². The zero-order valence-corrected chi connectivity index (χ0v) is 17.4. The highest BCUT2D eigenvalue weighted by Crippen LogP contribution is 2.09. The third-order valence-corrected chi connectivity index (χ3v) is 3.47. The molecule has 1 aromatic carbocycles. The predicted molar refractivity (Wildman–Crippen MR) is 112 cm³/mol. The van der Waals surface area contributed by atoms with Crippen molar-refractivity contribution in [3.63, 3.8) is 0 Å². The molecule has 0 saturated heterocycles. The summed E-state index contributed by atoms with van der Waals surface area (Å²) in [5.41, 5.74) is 0. The zero-order chi connectivity index (χ0) is 18.6. The van der Waals surface area contributed by atoms with Gasteiger partial charge in [0.05, 0.1) is 0 Å². The third-order valence-electron chi connectivity index (χ3n) is 3.47. The molecule has 0 amide bonds. The molecule has 1 heterocycles. The molecule has 0 bridgehead atoms. The van der Waals surface area contributed by atoms with Crippen LogP contribution in [-0.2, 0) is 6.54 Å². The van der Waals surface area contributed by atoms with Gasteiger partial charge in [0.2, 0.25) is 0 Å². The first-order valence-corrected chi connectivity index (χ1v) is 10.2. The van der Waals surface area contributed by atoms with Gasteiger partial charge in [-0.3, -0.25) is 0 Å². The minimum absolute atomic E-state index is 1.14. The SMILES string of the molecule is CC.CC.CCCCC.CCCCC[n+]1ccc2ccccc2c1. The van der Waals surface area contributed by atoms with Gasteiger partial charge < -0.3 is 0 Å². The summed E-state index contributed by atoms with van der Waals surface area (Å²) in [4.78, 5) is 0. The fourth-order valence-corrected chi connectivity index (χ4v) is 2.21. The molecule has 2 aromatic rings. The van der Waals surface area contributed by atoms with Gasteiger partial charge in [-0.2, -0.15) is 0 Å². The summed E-state index contributed by atoms with van der Waals surface area (Å²) in [7, 11) is 0. The summed E-state index contributed by atoms with van der Waals surface area (Å²) in [5, 5.41) is 2.65. The number of fused-ring (bicyclic) bond motifs is 1. The largest absolute Gasteiger partial charge is 0.205 e. The van der Waals surface area contributed by atoms with Gasteiger partial charge in [-0.25, -0.2) is 4.57 Å². The first-order chi connectivity index (χ1) is 11.8. The number of unbranched alkanes of at least 4 members (excludes halogenated alkanes) is 4. The highest BCUT2D eigenvalue weighted by atomic mass is 14.9. The molecule has 24 heavy (non-hydrogen) atoms. The van der Waals surface area contributed by atoms with Crippen LogP contribution in [0.2, 0.25) is 0 Å². The van der Waals surface area contributed by atoms with Crippen LogP contribution in [0.15, 0.2) is 42.7 Å². The van der Waals surface area contributed by atoms with Crippen LogP contribution < -0.4 is 4.57 Å². The molecule has 1 aromatic heterocycles. The number of pyridine rings is 1. The lowest BCUT2D eigenvalue weighted by molar-refractivity contribution is -0.696. The normalized spacial score (nSPS) is 8.96. The minimum atomic E-state index is 1.14. The molecular formula is C23H42N+. The van der Waals surface area contributed by atoms with Gasteiger partial charge in [0, 0.05) is 17.9 Å². The lowest BCUT2D eigenvalue weighted by Gasteiger charge is -1.98. The number of aromatic nitrogens is 1. The fraction of sp³-hybridized carbons (Fsp3) is 0.609. The van der Waals surface area contributed by atoms with Crippen LogP contribution in [0.5, 0.6) is 0 Å². The van der Waals surface area contributed by atoms with E-state index in [4.69, 9.17) is 0 Å². The van der Waals surface area contributed by atoms with Gasteiger partial charge in [-0.05, 0) is 17.9 Å². The van der Waals surface area contributed by atoms with Crippen LogP contribution in [0.4, 0.5) is 0 Å². The first kappa shape index (κ1) is 24.9. The molecule has 0 aliphatic carbocycles. The Morgan fingerprint density at radius 2 is 1.21 bits per heavy atom. The molecule has 0 radical (unpaired) electrons. The van der Waals surface area contributed by atoms with Crippen LogP contribution in [0.25, 0.3) is 10.8 Å². The van der Waals surface area contributed by atoms with Gasteiger partial charge in [0.25, 0.3) is 0 Å². The van der Waals surface area contributed by atoms with E-state index in [0.29, 0.717) is 0 Å². The number of rotatable bonds is 6. The number of benzene rings is 1. The Morgan fingerprint density at radius 3 is 1.71 bits per heavy atom. The van der Waals surface area contributed by atoms with Crippen molar-refractivity contribution in [3.05, 3.63) is 42.7 Å². The third kappa shape index (κ3) is 12.1. The van der Waals surface area contributed by atoms with Crippen LogP contribution in [-0.4, -0.2) is 0 Å². The Hall–Kier alpha value is -1.37. The average Bonchev–Trinajstić information content (AvgIpc) is 2.66. The maximum Gasteiger partial charge on any atom is 0.176 e. The smallest absolute Gasteiger partial charge is 0.176 e. The summed E-state index contributed by atoms with van der Waals surface area (Å²) >= 11 is 0. The van der Waals surface area contributed by atoms with Crippen LogP contribution in [0.1, 0.15) is 87.0 Å². The van der Waals surface area contributed by atoms with Crippen molar-refractivity contribution < 1.29 is 4.57 Å². The second-order valence-corrected chi connectivity index (χ2v) is 5.37. The van der Waals surface area contributed by atoms with Crippen molar-refractivity contribution in [1.29, 1.82) is 0 Å². The van der Waals surface area contributed by atoms with Crippen LogP contribution in [0, 0.1) is 0 Å². The summed E-state index contributed by atoms with van der Waals surface area (Å²) in [6.45, 7) is 15.8. The summed E-state index contributed by atoms with van der Waals surface area (Å²) in [6, 6.07) is 10.7. The minimum Gasteiger partial charge on any atom is -0.205 e. The maximum atomic E-state index is 2.29. The fourth-order valence-electron chi connectivity index (χ4n) is 2.21. The molecule has 0 spiro atoms. The molecule has 0 fully saturated rings. The van der Waals surface area contributed by atoms with E-state index >= 15 is 0 Å². The number of hydrogen-bond acceptors (Lipinski definition) is 0. The van der Waals surface area contributed by atoms with Crippen LogP contribution >= 0.6 is 0 Å². The molecule has 0 N–H and O–H groups in total. The zero-order valence-electron chi connectivity index (χ0n) is 17.4. The van der Waals surface area contributed by atoms with Gasteiger partial charge in [-0.1, -0.05) is 92.3 Å². The van der Waals surface area contributed by atoms with Gasteiger partial charge in [0.15, 0.2) is 12.4 Å². The second kappa shape index (κ2) is 19.7. The topological polar surface area (TPSA) is 3.88 Å².